The highest BCUT2D eigenvalue weighted by Gasteiger charge is 2.17. The monoisotopic (exact) mass is 314 g/mol. The molecule has 1 aliphatic heterocycles. The van der Waals surface area contributed by atoms with Gasteiger partial charge in [-0.25, -0.2) is 4.98 Å². The first-order valence-corrected chi connectivity index (χ1v) is 8.61. The Bertz CT molecular complexity index is 643. The van der Waals surface area contributed by atoms with E-state index < -0.39 is 0 Å². The zero-order chi connectivity index (χ0) is 16.1. The van der Waals surface area contributed by atoms with Gasteiger partial charge < -0.3 is 9.88 Å². The van der Waals surface area contributed by atoms with Crippen LogP contribution in [-0.2, 0) is 11.3 Å². The highest BCUT2D eigenvalue weighted by atomic mass is 16.2. The number of benzene rings is 1. The number of carbonyl (C=O) groups is 1. The Hall–Kier alpha value is -1.88. The number of para-hydroxylation sites is 2. The molecule has 0 radical (unpaired) electrons. The van der Waals surface area contributed by atoms with Gasteiger partial charge in [-0.15, -0.1) is 0 Å². The molecule has 2 aromatic rings. The Morgan fingerprint density at radius 1 is 1.30 bits per heavy atom. The van der Waals surface area contributed by atoms with Gasteiger partial charge in [0, 0.05) is 13.1 Å². The van der Waals surface area contributed by atoms with E-state index in [2.05, 4.69) is 32.8 Å². The Labute approximate surface area is 137 Å². The van der Waals surface area contributed by atoms with Crippen LogP contribution in [0.2, 0.25) is 0 Å². The SMILES string of the molecule is CC1CCN(CC(=O)NCCCn2cnc3ccccc32)CC1. The van der Waals surface area contributed by atoms with Crippen molar-refractivity contribution >= 4 is 16.9 Å². The molecule has 23 heavy (non-hydrogen) atoms. The van der Waals surface area contributed by atoms with Crippen molar-refractivity contribution in [2.75, 3.05) is 26.2 Å². The van der Waals surface area contributed by atoms with Crippen LogP contribution in [0.1, 0.15) is 26.2 Å². The van der Waals surface area contributed by atoms with Crippen LogP contribution in [0.4, 0.5) is 0 Å². The highest BCUT2D eigenvalue weighted by molar-refractivity contribution is 5.78. The number of carbonyl (C=O) groups excluding carboxylic acids is 1. The van der Waals surface area contributed by atoms with Gasteiger partial charge in [-0.1, -0.05) is 19.1 Å². The predicted octanol–water partition coefficient (Wildman–Crippen LogP) is 2.27. The summed E-state index contributed by atoms with van der Waals surface area (Å²) in [5, 5.41) is 3.04. The van der Waals surface area contributed by atoms with E-state index >= 15 is 0 Å². The maximum atomic E-state index is 12.0. The molecule has 5 nitrogen and oxygen atoms in total. The van der Waals surface area contributed by atoms with Gasteiger partial charge in [0.05, 0.1) is 23.9 Å². The minimum atomic E-state index is 0.148. The average Bonchev–Trinajstić information content (AvgIpc) is 2.97. The lowest BCUT2D eigenvalue weighted by molar-refractivity contribution is -0.122. The third kappa shape index (κ3) is 4.32. The smallest absolute Gasteiger partial charge is 0.234 e. The van der Waals surface area contributed by atoms with Crippen LogP contribution in [0.3, 0.4) is 0 Å². The van der Waals surface area contributed by atoms with Crippen molar-refractivity contribution in [1.82, 2.24) is 19.8 Å². The fourth-order valence-electron chi connectivity index (χ4n) is 3.14. The second-order valence-electron chi connectivity index (χ2n) is 6.59. The van der Waals surface area contributed by atoms with Crippen molar-refractivity contribution in [3.05, 3.63) is 30.6 Å². The summed E-state index contributed by atoms with van der Waals surface area (Å²) in [6, 6.07) is 8.13. The summed E-state index contributed by atoms with van der Waals surface area (Å²) >= 11 is 0. The number of hydrogen-bond acceptors (Lipinski definition) is 3. The molecule has 124 valence electrons. The fraction of sp³-hybridized carbons (Fsp3) is 0.556. The molecule has 0 unspecified atom stereocenters. The van der Waals surface area contributed by atoms with Crippen LogP contribution >= 0.6 is 0 Å². The summed E-state index contributed by atoms with van der Waals surface area (Å²) in [6.45, 7) is 6.53. The van der Waals surface area contributed by atoms with Crippen molar-refractivity contribution in [2.45, 2.75) is 32.7 Å². The molecule has 5 heteroatoms. The first kappa shape index (κ1) is 16.0. The molecular weight excluding hydrogens is 288 g/mol. The van der Waals surface area contributed by atoms with Crippen LogP contribution in [0.25, 0.3) is 11.0 Å². The first-order chi connectivity index (χ1) is 11.2. The van der Waals surface area contributed by atoms with Gasteiger partial charge >= 0.3 is 0 Å². The number of aryl methyl sites for hydroxylation is 1. The zero-order valence-corrected chi connectivity index (χ0v) is 13.9. The summed E-state index contributed by atoms with van der Waals surface area (Å²) in [6.07, 6.45) is 5.21. The van der Waals surface area contributed by atoms with E-state index in [0.29, 0.717) is 6.54 Å². The Kier molecular flexibility index (Phi) is 5.28. The lowest BCUT2D eigenvalue weighted by atomic mass is 9.99. The number of nitrogens with zero attached hydrogens (tertiary/aromatic N) is 3. The molecule has 0 aliphatic carbocycles. The van der Waals surface area contributed by atoms with Crippen molar-refractivity contribution in [1.29, 1.82) is 0 Å². The topological polar surface area (TPSA) is 50.2 Å². The van der Waals surface area contributed by atoms with E-state index in [1.54, 1.807) is 0 Å². The molecule has 3 rings (SSSR count). The van der Waals surface area contributed by atoms with Gasteiger partial charge in [-0.05, 0) is 50.4 Å². The molecule has 1 aromatic carbocycles. The number of likely N-dealkylation sites (tertiary alicyclic amines) is 1. The van der Waals surface area contributed by atoms with Crippen molar-refractivity contribution in [3.8, 4) is 0 Å². The van der Waals surface area contributed by atoms with Crippen molar-refractivity contribution in [2.24, 2.45) is 5.92 Å². The van der Waals surface area contributed by atoms with Gasteiger partial charge in [0.1, 0.15) is 0 Å². The van der Waals surface area contributed by atoms with Gasteiger partial charge in [0.25, 0.3) is 0 Å². The van der Waals surface area contributed by atoms with E-state index in [-0.39, 0.29) is 5.91 Å². The molecule has 1 fully saturated rings. The lowest BCUT2D eigenvalue weighted by Crippen LogP contribution is -2.41. The number of imidazole rings is 1. The fourth-order valence-corrected chi connectivity index (χ4v) is 3.14. The van der Waals surface area contributed by atoms with Crippen LogP contribution < -0.4 is 5.32 Å². The van der Waals surface area contributed by atoms with Gasteiger partial charge in [-0.3, -0.25) is 9.69 Å². The quantitative estimate of drug-likeness (QED) is 0.832. The third-order valence-electron chi connectivity index (χ3n) is 4.67. The van der Waals surface area contributed by atoms with Crippen LogP contribution in [0, 0.1) is 5.92 Å². The molecule has 1 amide bonds. The number of aromatic nitrogens is 2. The van der Waals surface area contributed by atoms with Gasteiger partial charge in [0.15, 0.2) is 0 Å². The summed E-state index contributed by atoms with van der Waals surface area (Å²) in [4.78, 5) is 18.6. The van der Waals surface area contributed by atoms with Crippen LogP contribution in [0.15, 0.2) is 30.6 Å². The summed E-state index contributed by atoms with van der Waals surface area (Å²) in [5.74, 6) is 0.953. The number of nitrogens with one attached hydrogen (secondary N) is 1. The van der Waals surface area contributed by atoms with Crippen molar-refractivity contribution in [3.63, 3.8) is 0 Å². The Morgan fingerprint density at radius 3 is 2.91 bits per heavy atom. The largest absolute Gasteiger partial charge is 0.355 e. The Morgan fingerprint density at radius 2 is 2.09 bits per heavy atom. The van der Waals surface area contributed by atoms with Crippen LogP contribution in [0.5, 0.6) is 0 Å². The normalized spacial score (nSPS) is 16.7. The molecule has 1 N–H and O–H groups in total. The van der Waals surface area contributed by atoms with Crippen LogP contribution in [-0.4, -0.2) is 46.5 Å². The van der Waals surface area contributed by atoms with E-state index in [1.165, 1.54) is 12.8 Å². The number of rotatable bonds is 6. The Balaban J connectivity index is 1.37. The van der Waals surface area contributed by atoms with Crippen molar-refractivity contribution < 1.29 is 4.79 Å². The number of piperidine rings is 1. The first-order valence-electron chi connectivity index (χ1n) is 8.61. The molecule has 0 spiro atoms. The lowest BCUT2D eigenvalue weighted by Gasteiger charge is -2.29. The minimum Gasteiger partial charge on any atom is -0.355 e. The molecule has 1 aromatic heterocycles. The summed E-state index contributed by atoms with van der Waals surface area (Å²) in [5.41, 5.74) is 2.18. The second-order valence-corrected chi connectivity index (χ2v) is 6.59. The molecule has 0 bridgehead atoms. The molecule has 1 saturated heterocycles. The standard InChI is InChI=1S/C18H26N4O/c1-15-7-11-21(12-8-15)13-18(23)19-9-4-10-22-14-20-16-5-2-3-6-17(16)22/h2-3,5-6,14-15H,4,7-13H2,1H3,(H,19,23). The minimum absolute atomic E-state index is 0.148. The second kappa shape index (κ2) is 7.59. The molecule has 2 heterocycles. The number of fused-ring (bicyclic) bond motifs is 1. The summed E-state index contributed by atoms with van der Waals surface area (Å²) in [7, 11) is 0. The van der Waals surface area contributed by atoms with Gasteiger partial charge in [0.2, 0.25) is 5.91 Å². The van der Waals surface area contributed by atoms with Gasteiger partial charge in [-0.2, -0.15) is 0 Å². The number of amides is 1. The van der Waals surface area contributed by atoms with E-state index in [4.69, 9.17) is 0 Å². The maximum Gasteiger partial charge on any atom is 0.234 e. The maximum absolute atomic E-state index is 12.0. The molecule has 0 saturated carbocycles. The zero-order valence-electron chi connectivity index (χ0n) is 13.9. The number of hydrogen-bond donors (Lipinski definition) is 1. The molecule has 0 atom stereocenters. The predicted molar refractivity (Wildman–Crippen MR) is 92.2 cm³/mol. The molecular formula is C18H26N4O. The third-order valence-corrected chi connectivity index (χ3v) is 4.67. The highest BCUT2D eigenvalue weighted by Crippen LogP contribution is 2.15. The summed E-state index contributed by atoms with van der Waals surface area (Å²) < 4.78 is 2.15. The average molecular weight is 314 g/mol. The molecule has 1 aliphatic rings. The van der Waals surface area contributed by atoms with E-state index in [9.17, 15) is 4.79 Å². The van der Waals surface area contributed by atoms with E-state index in [0.717, 1.165) is 49.6 Å². The van der Waals surface area contributed by atoms with E-state index in [1.807, 2.05) is 24.5 Å².